The van der Waals surface area contributed by atoms with Gasteiger partial charge < -0.3 is 19.7 Å². The quantitative estimate of drug-likeness (QED) is 0.804. The lowest BCUT2D eigenvalue weighted by Crippen LogP contribution is -2.49. The average molecular weight is 425 g/mol. The van der Waals surface area contributed by atoms with Gasteiger partial charge in [-0.05, 0) is 43.7 Å². The van der Waals surface area contributed by atoms with Crippen LogP contribution in [0.3, 0.4) is 0 Å². The number of para-hydroxylation sites is 2. The summed E-state index contributed by atoms with van der Waals surface area (Å²) >= 11 is 0. The van der Waals surface area contributed by atoms with Gasteiger partial charge in [0.1, 0.15) is 24.2 Å². The van der Waals surface area contributed by atoms with Gasteiger partial charge in [-0.15, -0.1) is 5.10 Å². The van der Waals surface area contributed by atoms with Gasteiger partial charge in [0, 0.05) is 26.7 Å². The van der Waals surface area contributed by atoms with Gasteiger partial charge in [-0.25, -0.2) is 9.67 Å². The highest BCUT2D eigenvalue weighted by Gasteiger charge is 2.34. The zero-order valence-corrected chi connectivity index (χ0v) is 17.6. The summed E-state index contributed by atoms with van der Waals surface area (Å²) in [7, 11) is 1.68. The smallest absolute Gasteiger partial charge is 0.291 e. The van der Waals surface area contributed by atoms with Gasteiger partial charge in [0.15, 0.2) is 0 Å². The predicted molar refractivity (Wildman–Crippen MR) is 112 cm³/mol. The second-order valence-corrected chi connectivity index (χ2v) is 8.41. The van der Waals surface area contributed by atoms with Crippen molar-refractivity contribution in [2.24, 2.45) is 5.92 Å². The van der Waals surface area contributed by atoms with Crippen LogP contribution >= 0.6 is 0 Å². The van der Waals surface area contributed by atoms with E-state index in [1.54, 1.807) is 7.05 Å². The molecule has 0 radical (unpaired) electrons. The number of likely N-dealkylation sites (N-methyl/N-ethyl adjacent to an activating group) is 1. The standard InChI is InChI=1S/C22H27N5O4/c1-26-17-5-2-3-7-18(17)31-13-15(22(26)29)23-21(28)20-24-19-8-4-6-16(27(19)25-20)14-9-11-30-12-10-14/h2-3,5,7,14-16H,4,6,8-13H2,1H3,(H,23,28)/t15?,16-/m0/s1. The summed E-state index contributed by atoms with van der Waals surface area (Å²) in [6, 6.07) is 6.77. The summed E-state index contributed by atoms with van der Waals surface area (Å²) in [4.78, 5) is 31.9. The molecule has 3 aliphatic heterocycles. The van der Waals surface area contributed by atoms with Crippen LogP contribution in [-0.2, 0) is 16.0 Å². The molecule has 1 aromatic heterocycles. The zero-order chi connectivity index (χ0) is 21.4. The number of carbonyl (C=O) groups excluding carboxylic acids is 2. The van der Waals surface area contributed by atoms with Crippen LogP contribution in [0.1, 0.15) is 48.2 Å². The van der Waals surface area contributed by atoms with Crippen LogP contribution in [0.15, 0.2) is 24.3 Å². The second kappa shape index (κ2) is 8.30. The molecule has 4 heterocycles. The maximum absolute atomic E-state index is 13.0. The normalized spacial score (nSPS) is 24.0. The largest absolute Gasteiger partial charge is 0.489 e. The molecule has 2 amide bonds. The Balaban J connectivity index is 1.32. The summed E-state index contributed by atoms with van der Waals surface area (Å²) < 4.78 is 13.2. The summed E-state index contributed by atoms with van der Waals surface area (Å²) in [6.07, 6.45) is 4.90. The molecule has 9 heteroatoms. The topological polar surface area (TPSA) is 98.6 Å². The van der Waals surface area contributed by atoms with E-state index in [1.165, 1.54) is 4.90 Å². The second-order valence-electron chi connectivity index (χ2n) is 8.41. The van der Waals surface area contributed by atoms with Crippen molar-refractivity contribution in [3.63, 3.8) is 0 Å². The first-order chi connectivity index (χ1) is 15.1. The molecule has 0 bridgehead atoms. The van der Waals surface area contributed by atoms with Crippen molar-refractivity contribution in [1.29, 1.82) is 0 Å². The van der Waals surface area contributed by atoms with Gasteiger partial charge in [0.25, 0.3) is 11.8 Å². The van der Waals surface area contributed by atoms with Crippen LogP contribution in [0.2, 0.25) is 0 Å². The number of aromatic nitrogens is 3. The summed E-state index contributed by atoms with van der Waals surface area (Å²) in [5.41, 5.74) is 0.680. The molecule has 1 N–H and O–H groups in total. The SMILES string of the molecule is CN1C(=O)C(NC(=O)c2nc3n(n2)[C@H](C2CCOCC2)CCC3)COc2ccccc21. The number of carbonyl (C=O) groups is 2. The van der Waals surface area contributed by atoms with Crippen LogP contribution < -0.4 is 15.0 Å². The van der Waals surface area contributed by atoms with Crippen LogP contribution in [-0.4, -0.2) is 59.5 Å². The third-order valence-corrected chi connectivity index (χ3v) is 6.50. The van der Waals surface area contributed by atoms with Crippen molar-refractivity contribution < 1.29 is 19.1 Å². The van der Waals surface area contributed by atoms with Gasteiger partial charge in [-0.3, -0.25) is 9.59 Å². The first-order valence-corrected chi connectivity index (χ1v) is 11.0. The number of anilines is 1. The Morgan fingerprint density at radius 3 is 2.84 bits per heavy atom. The number of benzene rings is 1. The fourth-order valence-corrected chi connectivity index (χ4v) is 4.79. The summed E-state index contributed by atoms with van der Waals surface area (Å²) in [6.45, 7) is 1.61. The third-order valence-electron chi connectivity index (χ3n) is 6.50. The number of nitrogens with one attached hydrogen (secondary N) is 1. The predicted octanol–water partition coefficient (Wildman–Crippen LogP) is 1.74. The van der Waals surface area contributed by atoms with Gasteiger partial charge in [-0.1, -0.05) is 12.1 Å². The van der Waals surface area contributed by atoms with E-state index in [4.69, 9.17) is 9.47 Å². The third kappa shape index (κ3) is 3.78. The molecule has 0 saturated carbocycles. The van der Waals surface area contributed by atoms with E-state index in [2.05, 4.69) is 15.4 Å². The average Bonchev–Trinajstić information content (AvgIpc) is 3.22. The highest BCUT2D eigenvalue weighted by atomic mass is 16.5. The van der Waals surface area contributed by atoms with E-state index < -0.39 is 11.9 Å². The fourth-order valence-electron chi connectivity index (χ4n) is 4.79. The lowest BCUT2D eigenvalue weighted by molar-refractivity contribution is -0.120. The number of nitrogens with zero attached hydrogens (tertiary/aromatic N) is 4. The molecule has 9 nitrogen and oxygen atoms in total. The van der Waals surface area contributed by atoms with E-state index in [1.807, 2.05) is 28.9 Å². The Bertz CT molecular complexity index is 984. The van der Waals surface area contributed by atoms with Crippen molar-refractivity contribution in [2.75, 3.05) is 31.8 Å². The van der Waals surface area contributed by atoms with Gasteiger partial charge in [0.2, 0.25) is 5.82 Å². The maximum atomic E-state index is 13.0. The van der Waals surface area contributed by atoms with Crippen LogP contribution in [0.5, 0.6) is 5.75 Å². The summed E-state index contributed by atoms with van der Waals surface area (Å²) in [5.74, 6) is 1.39. The molecule has 1 unspecified atom stereocenters. The minimum absolute atomic E-state index is 0.0597. The van der Waals surface area contributed by atoms with Crippen molar-refractivity contribution >= 4 is 17.5 Å². The molecule has 1 saturated heterocycles. The fraction of sp³-hybridized carbons (Fsp3) is 0.545. The molecule has 1 aromatic carbocycles. The lowest BCUT2D eigenvalue weighted by Gasteiger charge is -2.33. The Hall–Kier alpha value is -2.94. The number of ether oxygens (including phenoxy) is 2. The van der Waals surface area contributed by atoms with Crippen molar-refractivity contribution in [2.45, 2.75) is 44.2 Å². The molecule has 5 rings (SSSR count). The molecule has 3 aliphatic rings. The molecule has 2 aromatic rings. The van der Waals surface area contributed by atoms with Crippen molar-refractivity contribution in [3.8, 4) is 5.75 Å². The Kier molecular flexibility index (Phi) is 5.35. The first-order valence-electron chi connectivity index (χ1n) is 11.0. The van der Waals surface area contributed by atoms with E-state index in [0.29, 0.717) is 17.4 Å². The minimum atomic E-state index is -0.809. The number of hydrogen-bond donors (Lipinski definition) is 1. The number of aryl methyl sites for hydroxylation is 1. The molecular weight excluding hydrogens is 398 g/mol. The van der Waals surface area contributed by atoms with Crippen LogP contribution in [0.4, 0.5) is 5.69 Å². The monoisotopic (exact) mass is 425 g/mol. The van der Waals surface area contributed by atoms with Gasteiger partial charge in [-0.2, -0.15) is 0 Å². The molecule has 0 spiro atoms. The number of hydrogen-bond acceptors (Lipinski definition) is 6. The Morgan fingerprint density at radius 1 is 1.19 bits per heavy atom. The molecule has 2 atom stereocenters. The molecule has 1 fully saturated rings. The van der Waals surface area contributed by atoms with E-state index in [0.717, 1.165) is 51.1 Å². The van der Waals surface area contributed by atoms with Crippen molar-refractivity contribution in [3.05, 3.63) is 35.9 Å². The Labute approximate surface area is 180 Å². The maximum Gasteiger partial charge on any atom is 0.291 e. The highest BCUT2D eigenvalue weighted by Crippen LogP contribution is 2.35. The highest BCUT2D eigenvalue weighted by molar-refractivity contribution is 6.02. The molecule has 0 aliphatic carbocycles. The van der Waals surface area contributed by atoms with Gasteiger partial charge >= 0.3 is 0 Å². The number of rotatable bonds is 3. The Morgan fingerprint density at radius 2 is 2.00 bits per heavy atom. The summed E-state index contributed by atoms with van der Waals surface area (Å²) in [5, 5.41) is 7.35. The van der Waals surface area contributed by atoms with Crippen molar-refractivity contribution in [1.82, 2.24) is 20.1 Å². The van der Waals surface area contributed by atoms with E-state index in [-0.39, 0.29) is 24.4 Å². The van der Waals surface area contributed by atoms with Gasteiger partial charge in [0.05, 0.1) is 11.7 Å². The zero-order valence-electron chi connectivity index (χ0n) is 17.6. The number of fused-ring (bicyclic) bond motifs is 2. The van der Waals surface area contributed by atoms with E-state index in [9.17, 15) is 9.59 Å². The lowest BCUT2D eigenvalue weighted by atomic mass is 9.87. The first kappa shape index (κ1) is 20.0. The van der Waals surface area contributed by atoms with Crippen LogP contribution in [0, 0.1) is 5.92 Å². The molecule has 31 heavy (non-hydrogen) atoms. The van der Waals surface area contributed by atoms with Crippen LogP contribution in [0.25, 0.3) is 0 Å². The molecular formula is C22H27N5O4. The number of amides is 2. The van der Waals surface area contributed by atoms with E-state index >= 15 is 0 Å². The molecule has 164 valence electrons. The minimum Gasteiger partial charge on any atom is -0.489 e.